The van der Waals surface area contributed by atoms with Gasteiger partial charge in [-0.15, -0.1) is 0 Å². The topological polar surface area (TPSA) is 3.24 Å². The van der Waals surface area contributed by atoms with E-state index in [1.54, 1.807) is 0 Å². The third-order valence-electron chi connectivity index (χ3n) is 3.65. The summed E-state index contributed by atoms with van der Waals surface area (Å²) in [6.07, 6.45) is 2.88. The van der Waals surface area contributed by atoms with Crippen LogP contribution in [0.1, 0.15) is 33.6 Å². The van der Waals surface area contributed by atoms with Crippen LogP contribution in [0.25, 0.3) is 0 Å². The number of rotatable bonds is 2. The molecule has 76 valence electrons. The molecule has 2 heterocycles. The lowest BCUT2D eigenvalue weighted by Gasteiger charge is -2.37. The molecule has 0 aromatic heterocycles. The molecule has 2 fully saturated rings. The van der Waals surface area contributed by atoms with E-state index in [0.29, 0.717) is 4.75 Å². The summed E-state index contributed by atoms with van der Waals surface area (Å²) < 4.78 is 0.660. The summed E-state index contributed by atoms with van der Waals surface area (Å²) in [5.74, 6) is 2.37. The molecule has 0 saturated carbocycles. The molecule has 0 aromatic rings. The van der Waals surface area contributed by atoms with E-state index in [9.17, 15) is 0 Å². The van der Waals surface area contributed by atoms with Gasteiger partial charge in [-0.05, 0) is 46.1 Å². The molecule has 2 rings (SSSR count). The van der Waals surface area contributed by atoms with Gasteiger partial charge in [0.1, 0.15) is 0 Å². The molecule has 2 atom stereocenters. The SMILES string of the molecule is CC(C)N1CCCC(C2(C)CS2)C1. The molecule has 2 unspecified atom stereocenters. The van der Waals surface area contributed by atoms with E-state index in [2.05, 4.69) is 37.4 Å². The number of hydrogen-bond donors (Lipinski definition) is 0. The lowest BCUT2D eigenvalue weighted by Crippen LogP contribution is -2.43. The van der Waals surface area contributed by atoms with Crippen LogP contribution in [0.2, 0.25) is 0 Å². The number of piperidine rings is 1. The maximum atomic E-state index is 2.65. The van der Waals surface area contributed by atoms with Crippen LogP contribution in [-0.2, 0) is 0 Å². The fourth-order valence-electron chi connectivity index (χ4n) is 2.32. The van der Waals surface area contributed by atoms with Crippen LogP contribution >= 0.6 is 11.8 Å². The lowest BCUT2D eigenvalue weighted by molar-refractivity contribution is 0.131. The summed E-state index contributed by atoms with van der Waals surface area (Å²) in [6.45, 7) is 9.78. The minimum absolute atomic E-state index is 0.660. The van der Waals surface area contributed by atoms with E-state index in [0.717, 1.165) is 12.0 Å². The Balaban J connectivity index is 1.92. The van der Waals surface area contributed by atoms with Crippen LogP contribution in [0.3, 0.4) is 0 Å². The third kappa shape index (κ3) is 2.04. The van der Waals surface area contributed by atoms with E-state index in [4.69, 9.17) is 0 Å². The Morgan fingerprint density at radius 1 is 1.46 bits per heavy atom. The minimum atomic E-state index is 0.660. The third-order valence-corrected chi connectivity index (χ3v) is 5.18. The largest absolute Gasteiger partial charge is 0.301 e. The van der Waals surface area contributed by atoms with Gasteiger partial charge in [0, 0.05) is 23.1 Å². The van der Waals surface area contributed by atoms with Crippen molar-refractivity contribution >= 4 is 11.8 Å². The molecule has 0 amide bonds. The van der Waals surface area contributed by atoms with Gasteiger partial charge in [0.05, 0.1) is 0 Å². The highest BCUT2D eigenvalue weighted by atomic mass is 32.2. The van der Waals surface area contributed by atoms with E-state index in [1.165, 1.54) is 31.7 Å². The molecule has 2 saturated heterocycles. The first-order valence-electron chi connectivity index (χ1n) is 5.50. The molecule has 2 aliphatic rings. The molecule has 0 radical (unpaired) electrons. The lowest BCUT2D eigenvalue weighted by atomic mass is 9.87. The second-order valence-electron chi connectivity index (χ2n) is 5.03. The summed E-state index contributed by atoms with van der Waals surface area (Å²) in [5, 5.41) is 0. The number of nitrogens with zero attached hydrogens (tertiary/aromatic N) is 1. The summed E-state index contributed by atoms with van der Waals surface area (Å²) >= 11 is 2.16. The molecule has 1 nitrogen and oxygen atoms in total. The molecule has 0 N–H and O–H groups in total. The zero-order valence-electron chi connectivity index (χ0n) is 9.05. The van der Waals surface area contributed by atoms with Gasteiger partial charge in [0.2, 0.25) is 0 Å². The Morgan fingerprint density at radius 3 is 2.69 bits per heavy atom. The van der Waals surface area contributed by atoms with Gasteiger partial charge >= 0.3 is 0 Å². The second-order valence-corrected chi connectivity index (χ2v) is 6.54. The van der Waals surface area contributed by atoms with E-state index >= 15 is 0 Å². The van der Waals surface area contributed by atoms with Gasteiger partial charge < -0.3 is 4.90 Å². The highest BCUT2D eigenvalue weighted by Gasteiger charge is 2.47. The van der Waals surface area contributed by atoms with Gasteiger partial charge in [-0.2, -0.15) is 11.8 Å². The Morgan fingerprint density at radius 2 is 2.15 bits per heavy atom. The van der Waals surface area contributed by atoms with Gasteiger partial charge in [0.25, 0.3) is 0 Å². The van der Waals surface area contributed by atoms with Gasteiger partial charge in [-0.1, -0.05) is 0 Å². The van der Waals surface area contributed by atoms with Crippen molar-refractivity contribution in [3.8, 4) is 0 Å². The number of hydrogen-bond acceptors (Lipinski definition) is 2. The highest BCUT2D eigenvalue weighted by molar-refractivity contribution is 8.07. The number of likely N-dealkylation sites (tertiary alicyclic amines) is 1. The van der Waals surface area contributed by atoms with Gasteiger partial charge in [-0.25, -0.2) is 0 Å². The van der Waals surface area contributed by atoms with Crippen molar-refractivity contribution in [3.05, 3.63) is 0 Å². The normalized spacial score (nSPS) is 41.1. The van der Waals surface area contributed by atoms with Crippen LogP contribution in [0.4, 0.5) is 0 Å². The minimum Gasteiger partial charge on any atom is -0.301 e. The predicted octanol–water partition coefficient (Wildman–Crippen LogP) is 2.61. The smallest absolute Gasteiger partial charge is 0.0263 e. The summed E-state index contributed by atoms with van der Waals surface area (Å²) in [6, 6.07) is 0.746. The molecule has 2 aliphatic heterocycles. The zero-order valence-corrected chi connectivity index (χ0v) is 9.86. The fraction of sp³-hybridized carbons (Fsp3) is 1.00. The van der Waals surface area contributed by atoms with Gasteiger partial charge in [0.15, 0.2) is 0 Å². The quantitative estimate of drug-likeness (QED) is 0.629. The van der Waals surface area contributed by atoms with Crippen molar-refractivity contribution < 1.29 is 0 Å². The van der Waals surface area contributed by atoms with E-state index in [1.807, 2.05) is 0 Å². The maximum Gasteiger partial charge on any atom is 0.0263 e. The van der Waals surface area contributed by atoms with Crippen molar-refractivity contribution in [2.24, 2.45) is 5.92 Å². The fourth-order valence-corrected chi connectivity index (χ4v) is 3.21. The van der Waals surface area contributed by atoms with Crippen molar-refractivity contribution in [1.29, 1.82) is 0 Å². The first-order valence-corrected chi connectivity index (χ1v) is 6.48. The Labute approximate surface area is 86.3 Å². The van der Waals surface area contributed by atoms with Crippen LogP contribution in [0, 0.1) is 5.92 Å². The van der Waals surface area contributed by atoms with Crippen LogP contribution in [0.5, 0.6) is 0 Å². The van der Waals surface area contributed by atoms with Crippen molar-refractivity contribution in [3.63, 3.8) is 0 Å². The molecule has 0 aliphatic carbocycles. The zero-order chi connectivity index (χ0) is 9.47. The molecule has 0 spiro atoms. The van der Waals surface area contributed by atoms with Crippen LogP contribution in [0.15, 0.2) is 0 Å². The summed E-state index contributed by atoms with van der Waals surface area (Å²) in [4.78, 5) is 2.65. The molecule has 0 bridgehead atoms. The first kappa shape index (κ1) is 9.85. The standard InChI is InChI=1S/C11H21NS/c1-9(2)12-6-4-5-10(7-12)11(3)8-13-11/h9-10H,4-8H2,1-3H3. The van der Waals surface area contributed by atoms with Crippen molar-refractivity contribution in [1.82, 2.24) is 4.90 Å². The molecule has 13 heavy (non-hydrogen) atoms. The average molecular weight is 199 g/mol. The maximum absolute atomic E-state index is 2.65. The van der Waals surface area contributed by atoms with Crippen LogP contribution in [-0.4, -0.2) is 34.5 Å². The average Bonchev–Trinajstić information content (AvgIpc) is 2.85. The first-order chi connectivity index (χ1) is 6.12. The molecular formula is C11H21NS. The van der Waals surface area contributed by atoms with Crippen molar-refractivity contribution in [2.75, 3.05) is 18.8 Å². The van der Waals surface area contributed by atoms with E-state index in [-0.39, 0.29) is 0 Å². The molecule has 2 heteroatoms. The highest BCUT2D eigenvalue weighted by Crippen LogP contribution is 2.52. The summed E-state index contributed by atoms with van der Waals surface area (Å²) in [7, 11) is 0. The van der Waals surface area contributed by atoms with E-state index < -0.39 is 0 Å². The Kier molecular flexibility index (Phi) is 2.63. The molecular weight excluding hydrogens is 178 g/mol. The summed E-state index contributed by atoms with van der Waals surface area (Å²) in [5.41, 5.74) is 0. The predicted molar refractivity (Wildman–Crippen MR) is 60.3 cm³/mol. The number of thioether (sulfide) groups is 1. The van der Waals surface area contributed by atoms with Crippen LogP contribution < -0.4 is 0 Å². The Bertz CT molecular complexity index is 187. The second kappa shape index (κ2) is 3.47. The molecule has 0 aromatic carbocycles. The Hall–Kier alpha value is 0.310. The van der Waals surface area contributed by atoms with Gasteiger partial charge in [-0.3, -0.25) is 0 Å². The monoisotopic (exact) mass is 199 g/mol. The van der Waals surface area contributed by atoms with Crippen molar-refractivity contribution in [2.45, 2.75) is 44.4 Å².